The maximum atomic E-state index is 11.4. The minimum Gasteiger partial charge on any atom is -0.506 e. The number of phenols is 1. The summed E-state index contributed by atoms with van der Waals surface area (Å²) in [4.78, 5) is 29.9. The Morgan fingerprint density at radius 3 is 2.54 bits per heavy atom. The molecular weight excluding hydrogens is 340 g/mol. The Hall–Kier alpha value is -4.01. The molecule has 0 unspecified atom stereocenters. The van der Waals surface area contributed by atoms with Gasteiger partial charge in [0.1, 0.15) is 17.1 Å². The van der Waals surface area contributed by atoms with Crippen molar-refractivity contribution >= 4 is 23.2 Å². The second kappa shape index (κ2) is 6.85. The number of aromatic nitrogens is 2. The van der Waals surface area contributed by atoms with Crippen LogP contribution in [0.15, 0.2) is 54.7 Å². The molecule has 0 bridgehead atoms. The summed E-state index contributed by atoms with van der Waals surface area (Å²) < 4.78 is 0. The van der Waals surface area contributed by atoms with Crippen LogP contribution in [-0.2, 0) is 0 Å². The van der Waals surface area contributed by atoms with Crippen LogP contribution in [0.2, 0.25) is 0 Å². The Morgan fingerprint density at radius 2 is 1.88 bits per heavy atom. The molecular formula is C17H12N4O5. The maximum Gasteiger partial charge on any atom is 0.341 e. The fourth-order valence-corrected chi connectivity index (χ4v) is 2.23. The van der Waals surface area contributed by atoms with Gasteiger partial charge in [0.05, 0.1) is 10.6 Å². The van der Waals surface area contributed by atoms with Crippen molar-refractivity contribution < 1.29 is 19.9 Å². The highest BCUT2D eigenvalue weighted by molar-refractivity contribution is 5.94. The molecule has 0 aliphatic carbocycles. The second-order valence-corrected chi connectivity index (χ2v) is 5.21. The van der Waals surface area contributed by atoms with E-state index in [2.05, 4.69) is 15.3 Å². The van der Waals surface area contributed by atoms with Crippen LogP contribution < -0.4 is 5.32 Å². The molecule has 3 N–H and O–H groups in total. The number of aromatic hydroxyl groups is 1. The zero-order chi connectivity index (χ0) is 18.7. The third-order valence-corrected chi connectivity index (χ3v) is 3.50. The van der Waals surface area contributed by atoms with E-state index < -0.39 is 10.9 Å². The summed E-state index contributed by atoms with van der Waals surface area (Å²) in [5.74, 6) is -1.39. The molecule has 3 rings (SSSR count). The normalized spacial score (nSPS) is 10.3. The third-order valence-electron chi connectivity index (χ3n) is 3.50. The van der Waals surface area contributed by atoms with Gasteiger partial charge in [-0.25, -0.2) is 14.8 Å². The molecule has 0 atom stereocenters. The van der Waals surface area contributed by atoms with Crippen LogP contribution in [-0.4, -0.2) is 31.1 Å². The van der Waals surface area contributed by atoms with E-state index in [0.29, 0.717) is 5.56 Å². The lowest BCUT2D eigenvalue weighted by Gasteiger charge is -2.11. The van der Waals surface area contributed by atoms with Crippen molar-refractivity contribution in [3.8, 4) is 17.1 Å². The fraction of sp³-hybridized carbons (Fsp3) is 0. The van der Waals surface area contributed by atoms with Crippen LogP contribution in [0, 0.1) is 10.1 Å². The average Bonchev–Trinajstić information content (AvgIpc) is 2.63. The van der Waals surface area contributed by atoms with Gasteiger partial charge in [0, 0.05) is 23.9 Å². The van der Waals surface area contributed by atoms with Crippen LogP contribution in [0.5, 0.6) is 5.75 Å². The quantitative estimate of drug-likeness (QED) is 0.361. The van der Waals surface area contributed by atoms with Crippen molar-refractivity contribution in [2.45, 2.75) is 0 Å². The SMILES string of the molecule is O=C(O)c1cnc(-c2ccccc2)nc1Nc1cc([N+](=O)[O-])ccc1O. The summed E-state index contributed by atoms with van der Waals surface area (Å²) in [6, 6.07) is 12.2. The molecule has 26 heavy (non-hydrogen) atoms. The number of carboxylic acid groups (broad SMARTS) is 1. The van der Waals surface area contributed by atoms with Crippen LogP contribution in [0.1, 0.15) is 10.4 Å². The number of hydrogen-bond acceptors (Lipinski definition) is 7. The smallest absolute Gasteiger partial charge is 0.341 e. The molecule has 0 radical (unpaired) electrons. The molecule has 9 heteroatoms. The zero-order valence-corrected chi connectivity index (χ0v) is 13.2. The van der Waals surface area contributed by atoms with Crippen LogP contribution in [0.25, 0.3) is 11.4 Å². The number of carbonyl (C=O) groups is 1. The number of aromatic carboxylic acids is 1. The number of non-ortho nitro benzene ring substituents is 1. The van der Waals surface area contributed by atoms with E-state index in [0.717, 1.165) is 24.4 Å². The molecule has 0 amide bonds. The average molecular weight is 352 g/mol. The first kappa shape index (κ1) is 16.8. The number of carboxylic acids is 1. The standard InChI is InChI=1S/C17H12N4O5/c22-14-7-6-11(21(25)26)8-13(14)19-16-12(17(23)24)9-18-15(20-16)10-4-2-1-3-5-10/h1-9,22H,(H,23,24)(H,18,19,20). The number of nitro groups is 1. The highest BCUT2D eigenvalue weighted by atomic mass is 16.6. The van der Waals surface area contributed by atoms with E-state index in [1.165, 1.54) is 0 Å². The van der Waals surface area contributed by atoms with E-state index >= 15 is 0 Å². The van der Waals surface area contributed by atoms with Crippen molar-refractivity contribution in [1.29, 1.82) is 0 Å². The first-order valence-electron chi connectivity index (χ1n) is 7.36. The second-order valence-electron chi connectivity index (χ2n) is 5.21. The van der Waals surface area contributed by atoms with E-state index in [4.69, 9.17) is 0 Å². The first-order chi connectivity index (χ1) is 12.5. The number of nitrogens with one attached hydrogen (secondary N) is 1. The highest BCUT2D eigenvalue weighted by Gasteiger charge is 2.17. The number of nitrogens with zero attached hydrogens (tertiary/aromatic N) is 3. The van der Waals surface area contributed by atoms with Gasteiger partial charge < -0.3 is 15.5 Å². The van der Waals surface area contributed by atoms with Crippen molar-refractivity contribution in [2.24, 2.45) is 0 Å². The van der Waals surface area contributed by atoms with Gasteiger partial charge in [0.25, 0.3) is 5.69 Å². The molecule has 2 aromatic carbocycles. The van der Waals surface area contributed by atoms with Gasteiger partial charge >= 0.3 is 5.97 Å². The van der Waals surface area contributed by atoms with Crippen molar-refractivity contribution in [2.75, 3.05) is 5.32 Å². The monoisotopic (exact) mass is 352 g/mol. The topological polar surface area (TPSA) is 138 Å². The zero-order valence-electron chi connectivity index (χ0n) is 13.2. The molecule has 1 heterocycles. The van der Waals surface area contributed by atoms with Gasteiger partial charge in [-0.3, -0.25) is 10.1 Å². The van der Waals surface area contributed by atoms with Gasteiger partial charge in [-0.05, 0) is 6.07 Å². The van der Waals surface area contributed by atoms with Gasteiger partial charge in [0.2, 0.25) is 0 Å². The Morgan fingerprint density at radius 1 is 1.15 bits per heavy atom. The number of hydrogen-bond donors (Lipinski definition) is 3. The largest absolute Gasteiger partial charge is 0.506 e. The molecule has 0 fully saturated rings. The molecule has 3 aromatic rings. The lowest BCUT2D eigenvalue weighted by Crippen LogP contribution is -2.07. The lowest BCUT2D eigenvalue weighted by atomic mass is 10.2. The van der Waals surface area contributed by atoms with Gasteiger partial charge in [0.15, 0.2) is 5.82 Å². The van der Waals surface area contributed by atoms with E-state index in [-0.39, 0.29) is 34.3 Å². The highest BCUT2D eigenvalue weighted by Crippen LogP contribution is 2.31. The number of phenolic OH excluding ortho intramolecular Hbond substituents is 1. The molecule has 1 aromatic heterocycles. The molecule has 9 nitrogen and oxygen atoms in total. The number of nitro benzene ring substituents is 1. The fourth-order valence-electron chi connectivity index (χ4n) is 2.23. The minimum atomic E-state index is -1.28. The lowest BCUT2D eigenvalue weighted by molar-refractivity contribution is -0.384. The predicted molar refractivity (Wildman–Crippen MR) is 92.5 cm³/mol. The number of rotatable bonds is 5. The van der Waals surface area contributed by atoms with E-state index in [9.17, 15) is 25.1 Å². The van der Waals surface area contributed by atoms with Gasteiger partial charge in [-0.15, -0.1) is 0 Å². The molecule has 0 aliphatic rings. The molecule has 0 aliphatic heterocycles. The van der Waals surface area contributed by atoms with E-state index in [1.807, 2.05) is 6.07 Å². The van der Waals surface area contributed by atoms with Crippen molar-refractivity contribution in [1.82, 2.24) is 9.97 Å². The van der Waals surface area contributed by atoms with Crippen LogP contribution >= 0.6 is 0 Å². The molecule has 130 valence electrons. The number of anilines is 2. The Balaban J connectivity index is 2.07. The Labute approximate surface area is 146 Å². The molecule has 0 saturated carbocycles. The summed E-state index contributed by atoms with van der Waals surface area (Å²) in [5.41, 5.74) is 0.116. The van der Waals surface area contributed by atoms with Crippen LogP contribution in [0.4, 0.5) is 17.2 Å². The summed E-state index contributed by atoms with van der Waals surface area (Å²) in [5, 5.41) is 32.8. The first-order valence-corrected chi connectivity index (χ1v) is 7.36. The maximum absolute atomic E-state index is 11.4. The third kappa shape index (κ3) is 3.41. The van der Waals surface area contributed by atoms with Crippen LogP contribution in [0.3, 0.4) is 0 Å². The Kier molecular flexibility index (Phi) is 4.44. The summed E-state index contributed by atoms with van der Waals surface area (Å²) in [6.07, 6.45) is 1.13. The summed E-state index contributed by atoms with van der Waals surface area (Å²) in [6.45, 7) is 0. The molecule has 0 spiro atoms. The van der Waals surface area contributed by atoms with Gasteiger partial charge in [-0.2, -0.15) is 0 Å². The Bertz CT molecular complexity index is 992. The summed E-state index contributed by atoms with van der Waals surface area (Å²) in [7, 11) is 0. The predicted octanol–water partition coefficient (Wildman–Crippen LogP) is 3.20. The van der Waals surface area contributed by atoms with Crippen molar-refractivity contribution in [3.05, 3.63) is 70.4 Å². The van der Waals surface area contributed by atoms with Crippen molar-refractivity contribution in [3.63, 3.8) is 0 Å². The van der Waals surface area contributed by atoms with E-state index in [1.54, 1.807) is 24.3 Å². The summed E-state index contributed by atoms with van der Waals surface area (Å²) >= 11 is 0. The number of benzene rings is 2. The van der Waals surface area contributed by atoms with Gasteiger partial charge in [-0.1, -0.05) is 30.3 Å². The minimum absolute atomic E-state index is 0.0422. The molecule has 0 saturated heterocycles.